The van der Waals surface area contributed by atoms with Gasteiger partial charge in [-0.15, -0.1) is 11.3 Å². The molecule has 1 aromatic heterocycles. The molecule has 0 radical (unpaired) electrons. The van der Waals surface area contributed by atoms with Crippen LogP contribution in [0.25, 0.3) is 10.4 Å². The molecule has 1 aliphatic carbocycles. The van der Waals surface area contributed by atoms with E-state index in [0.29, 0.717) is 30.1 Å². The minimum Gasteiger partial charge on any atom is -0.489 e. The highest BCUT2D eigenvalue weighted by molar-refractivity contribution is 9.10. The van der Waals surface area contributed by atoms with E-state index in [2.05, 4.69) is 15.9 Å². The largest absolute Gasteiger partial charge is 0.489 e. The van der Waals surface area contributed by atoms with E-state index < -0.39 is 0 Å². The number of thiophene rings is 1. The van der Waals surface area contributed by atoms with Crippen LogP contribution < -0.4 is 4.74 Å². The van der Waals surface area contributed by atoms with Crippen molar-refractivity contribution in [3.05, 3.63) is 74.8 Å². The van der Waals surface area contributed by atoms with Crippen LogP contribution in [0.5, 0.6) is 5.75 Å². The molecule has 2 aromatic carbocycles. The Morgan fingerprint density at radius 3 is 2.84 bits per heavy atom. The van der Waals surface area contributed by atoms with Gasteiger partial charge in [-0.2, -0.15) is 5.26 Å². The molecule has 1 atom stereocenters. The molecule has 1 fully saturated rings. The fourth-order valence-electron chi connectivity index (χ4n) is 3.74. The van der Waals surface area contributed by atoms with Gasteiger partial charge in [0.15, 0.2) is 0 Å². The average molecular weight is 514 g/mol. The van der Waals surface area contributed by atoms with Crippen molar-refractivity contribution in [3.63, 3.8) is 0 Å². The Morgan fingerprint density at radius 1 is 1.31 bits per heavy atom. The van der Waals surface area contributed by atoms with Crippen molar-refractivity contribution in [1.29, 1.82) is 5.26 Å². The van der Waals surface area contributed by atoms with Gasteiger partial charge in [-0.25, -0.2) is 4.39 Å². The first-order valence-electron chi connectivity index (χ1n) is 10.3. The smallest absolute Gasteiger partial charge is 0.306 e. The number of hydrogen-bond donors (Lipinski definition) is 0. The van der Waals surface area contributed by atoms with Crippen LogP contribution in [0, 0.1) is 23.1 Å². The number of methoxy groups -OCH3 is 1. The van der Waals surface area contributed by atoms with Gasteiger partial charge in [-0.3, -0.25) is 4.79 Å². The summed E-state index contributed by atoms with van der Waals surface area (Å²) in [4.78, 5) is 12.6. The third-order valence-electron chi connectivity index (χ3n) is 5.63. The predicted octanol–water partition coefficient (Wildman–Crippen LogP) is 6.82. The van der Waals surface area contributed by atoms with Crippen molar-refractivity contribution >= 4 is 33.2 Å². The second kappa shape index (κ2) is 9.85. The standard InChI is InChI=1S/C25H21BrFNO3S/c1-30-23(29)11-20(16-6-7-16)17-3-2-4-19(10-17)31-13-18-14-32-25(24(18)26)21-9-15(12-28)5-8-22(21)27/h2-5,8-10,14,16,20H,6-7,11,13H2,1H3. The highest BCUT2D eigenvalue weighted by Crippen LogP contribution is 2.45. The molecule has 164 valence electrons. The number of carbonyl (C=O) groups excluding carboxylic acids is 1. The van der Waals surface area contributed by atoms with Crippen molar-refractivity contribution in [3.8, 4) is 22.3 Å². The van der Waals surface area contributed by atoms with E-state index in [9.17, 15) is 9.18 Å². The van der Waals surface area contributed by atoms with Gasteiger partial charge in [0, 0.05) is 15.6 Å². The number of rotatable bonds is 8. The van der Waals surface area contributed by atoms with Crippen molar-refractivity contribution in [1.82, 2.24) is 0 Å². The fourth-order valence-corrected chi connectivity index (χ4v) is 5.58. The van der Waals surface area contributed by atoms with Crippen LogP contribution in [0.15, 0.2) is 52.3 Å². The highest BCUT2D eigenvalue weighted by atomic mass is 79.9. The van der Waals surface area contributed by atoms with E-state index in [-0.39, 0.29) is 17.7 Å². The lowest BCUT2D eigenvalue weighted by molar-refractivity contribution is -0.141. The van der Waals surface area contributed by atoms with E-state index in [1.165, 1.54) is 30.6 Å². The van der Waals surface area contributed by atoms with Gasteiger partial charge in [0.1, 0.15) is 18.2 Å². The van der Waals surface area contributed by atoms with Crippen molar-refractivity contribution < 1.29 is 18.7 Å². The summed E-state index contributed by atoms with van der Waals surface area (Å²) in [5.41, 5.74) is 2.78. The average Bonchev–Trinajstić information content (AvgIpc) is 3.59. The molecule has 0 bridgehead atoms. The molecule has 0 saturated heterocycles. The molecule has 1 saturated carbocycles. The minimum atomic E-state index is -0.372. The van der Waals surface area contributed by atoms with E-state index in [1.54, 1.807) is 6.07 Å². The molecular formula is C25H21BrFNO3S. The van der Waals surface area contributed by atoms with Crippen LogP contribution in [0.2, 0.25) is 0 Å². The van der Waals surface area contributed by atoms with E-state index in [0.717, 1.165) is 39.1 Å². The van der Waals surface area contributed by atoms with E-state index >= 15 is 0 Å². The molecule has 1 unspecified atom stereocenters. The monoisotopic (exact) mass is 513 g/mol. The lowest BCUT2D eigenvalue weighted by atomic mass is 9.91. The van der Waals surface area contributed by atoms with Crippen LogP contribution in [0.4, 0.5) is 4.39 Å². The molecule has 0 aliphatic heterocycles. The molecule has 4 nitrogen and oxygen atoms in total. The Hall–Kier alpha value is -2.69. The Labute approximate surface area is 198 Å². The third kappa shape index (κ3) is 5.03. The maximum absolute atomic E-state index is 14.4. The van der Waals surface area contributed by atoms with Crippen LogP contribution in [-0.2, 0) is 16.1 Å². The molecule has 0 amide bonds. The summed E-state index contributed by atoms with van der Waals surface area (Å²) >= 11 is 4.97. The number of hydrogen-bond acceptors (Lipinski definition) is 5. The summed E-state index contributed by atoms with van der Waals surface area (Å²) < 4.78 is 26.0. The molecule has 0 spiro atoms. The zero-order chi connectivity index (χ0) is 22.7. The zero-order valence-electron chi connectivity index (χ0n) is 17.4. The van der Waals surface area contributed by atoms with Crippen LogP contribution in [0.3, 0.4) is 0 Å². The van der Waals surface area contributed by atoms with Crippen molar-refractivity contribution in [2.45, 2.75) is 31.8 Å². The first kappa shape index (κ1) is 22.5. The number of carbonyl (C=O) groups is 1. The number of nitrogens with zero attached hydrogens (tertiary/aromatic N) is 1. The van der Waals surface area contributed by atoms with Gasteiger partial charge in [0.05, 0.1) is 30.0 Å². The summed E-state index contributed by atoms with van der Waals surface area (Å²) in [5, 5.41) is 11.0. The number of benzene rings is 2. The van der Waals surface area contributed by atoms with Crippen LogP contribution in [0.1, 0.15) is 41.9 Å². The van der Waals surface area contributed by atoms with Gasteiger partial charge in [0.2, 0.25) is 0 Å². The third-order valence-corrected chi connectivity index (χ3v) is 7.86. The topological polar surface area (TPSA) is 59.3 Å². The van der Waals surface area contributed by atoms with Crippen LogP contribution >= 0.6 is 27.3 Å². The summed E-state index contributed by atoms with van der Waals surface area (Å²) in [6, 6.07) is 14.2. The Kier molecular flexibility index (Phi) is 6.92. The van der Waals surface area contributed by atoms with E-state index in [1.807, 2.05) is 35.7 Å². The summed E-state index contributed by atoms with van der Waals surface area (Å²) in [6.45, 7) is 0.311. The first-order valence-corrected chi connectivity index (χ1v) is 11.9. The minimum absolute atomic E-state index is 0.140. The maximum atomic E-state index is 14.4. The predicted molar refractivity (Wildman–Crippen MR) is 125 cm³/mol. The first-order chi connectivity index (χ1) is 15.5. The molecule has 1 heterocycles. The normalized spacial score (nSPS) is 13.9. The highest BCUT2D eigenvalue weighted by Gasteiger charge is 2.34. The summed E-state index contributed by atoms with van der Waals surface area (Å²) in [7, 11) is 1.42. The van der Waals surface area contributed by atoms with Gasteiger partial charge < -0.3 is 9.47 Å². The molecule has 7 heteroatoms. The molecular weight excluding hydrogens is 493 g/mol. The SMILES string of the molecule is COC(=O)CC(c1cccc(OCc2csc(-c3cc(C#N)ccc3F)c2Br)c1)C1CC1. The second-order valence-corrected chi connectivity index (χ2v) is 9.47. The van der Waals surface area contributed by atoms with Gasteiger partial charge >= 0.3 is 5.97 Å². The quantitative estimate of drug-likeness (QED) is 0.310. The molecule has 3 aromatic rings. The zero-order valence-corrected chi connectivity index (χ0v) is 19.8. The summed E-state index contributed by atoms with van der Waals surface area (Å²) in [5.74, 6) is 0.798. The molecule has 1 aliphatic rings. The van der Waals surface area contributed by atoms with Crippen LogP contribution in [-0.4, -0.2) is 13.1 Å². The summed E-state index contributed by atoms with van der Waals surface area (Å²) in [6.07, 6.45) is 2.62. The Morgan fingerprint density at radius 2 is 2.12 bits per heavy atom. The lowest BCUT2D eigenvalue weighted by Gasteiger charge is -2.16. The number of nitriles is 1. The number of esters is 1. The second-order valence-electron chi connectivity index (χ2n) is 7.80. The van der Waals surface area contributed by atoms with Gasteiger partial charge in [0.25, 0.3) is 0 Å². The molecule has 32 heavy (non-hydrogen) atoms. The Bertz CT molecular complexity index is 1180. The van der Waals surface area contributed by atoms with E-state index in [4.69, 9.17) is 14.7 Å². The number of ether oxygens (including phenoxy) is 2. The fraction of sp³-hybridized carbons (Fsp3) is 0.280. The number of halogens is 2. The molecule has 4 rings (SSSR count). The maximum Gasteiger partial charge on any atom is 0.306 e. The van der Waals surface area contributed by atoms with Crippen molar-refractivity contribution in [2.75, 3.05) is 7.11 Å². The lowest BCUT2D eigenvalue weighted by Crippen LogP contribution is -2.10. The van der Waals surface area contributed by atoms with Crippen molar-refractivity contribution in [2.24, 2.45) is 5.92 Å². The molecule has 0 N–H and O–H groups in total. The Balaban J connectivity index is 1.50. The van der Waals surface area contributed by atoms with Gasteiger partial charge in [-0.05, 0) is 81.9 Å². The van der Waals surface area contributed by atoms with Gasteiger partial charge in [-0.1, -0.05) is 12.1 Å².